The van der Waals surface area contributed by atoms with Crippen molar-refractivity contribution in [3.63, 3.8) is 0 Å². The molecule has 0 aromatic heterocycles. The molecule has 0 aliphatic rings. The molecule has 26 heavy (non-hydrogen) atoms. The average molecular weight is 454 g/mol. The Kier molecular flexibility index (Phi) is 7.52. The van der Waals surface area contributed by atoms with Gasteiger partial charge in [-0.05, 0) is 48.9 Å². The fourth-order valence-corrected chi connectivity index (χ4v) is 2.73. The number of nitrogens with one attached hydrogen (secondary N) is 1. The minimum atomic E-state index is -0.549. The number of benzene rings is 2. The van der Waals surface area contributed by atoms with Crippen molar-refractivity contribution in [1.29, 1.82) is 5.26 Å². The number of hydrogen-bond donors (Lipinski definition) is 1. The minimum absolute atomic E-state index is 0.0597. The van der Waals surface area contributed by atoms with Crippen LogP contribution in [0.3, 0.4) is 0 Å². The first kappa shape index (κ1) is 20.3. The van der Waals surface area contributed by atoms with Crippen molar-refractivity contribution in [3.05, 3.63) is 62.1 Å². The third-order valence-electron chi connectivity index (χ3n) is 3.28. The Morgan fingerprint density at radius 2 is 2.04 bits per heavy atom. The number of carbonyl (C=O) groups is 1. The van der Waals surface area contributed by atoms with Crippen LogP contribution in [0.25, 0.3) is 6.08 Å². The maximum Gasteiger partial charge on any atom is 0.266 e. The van der Waals surface area contributed by atoms with Gasteiger partial charge in [-0.2, -0.15) is 5.26 Å². The molecule has 0 heterocycles. The Morgan fingerprint density at radius 3 is 2.69 bits per heavy atom. The Balaban J connectivity index is 2.29. The molecule has 2 rings (SSSR count). The molecule has 0 saturated heterocycles. The molecule has 2 aromatic rings. The highest BCUT2D eigenvalue weighted by Gasteiger charge is 2.12. The third-order valence-corrected chi connectivity index (χ3v) is 4.51. The summed E-state index contributed by atoms with van der Waals surface area (Å²) >= 11 is 15.2. The van der Waals surface area contributed by atoms with Crippen molar-refractivity contribution in [1.82, 2.24) is 0 Å². The first-order chi connectivity index (χ1) is 12.4. The summed E-state index contributed by atoms with van der Waals surface area (Å²) in [4.78, 5) is 12.4. The monoisotopic (exact) mass is 452 g/mol. The van der Waals surface area contributed by atoms with Gasteiger partial charge < -0.3 is 10.1 Å². The summed E-state index contributed by atoms with van der Waals surface area (Å²) in [5, 5.41) is 12.7. The van der Waals surface area contributed by atoms with E-state index < -0.39 is 5.91 Å². The summed E-state index contributed by atoms with van der Waals surface area (Å²) < 4.78 is 6.49. The van der Waals surface area contributed by atoms with Crippen molar-refractivity contribution in [2.45, 2.75) is 13.3 Å². The van der Waals surface area contributed by atoms with Crippen molar-refractivity contribution in [3.8, 4) is 11.8 Å². The average Bonchev–Trinajstić information content (AvgIpc) is 2.62. The smallest absolute Gasteiger partial charge is 0.266 e. The molecule has 1 N–H and O–H groups in total. The Labute approximate surface area is 170 Å². The number of anilines is 1. The molecule has 0 saturated carbocycles. The maximum atomic E-state index is 12.4. The number of ether oxygens (including phenoxy) is 1. The van der Waals surface area contributed by atoms with Gasteiger partial charge in [0.15, 0.2) is 0 Å². The summed E-state index contributed by atoms with van der Waals surface area (Å²) in [5.41, 5.74) is 1.02. The van der Waals surface area contributed by atoms with Gasteiger partial charge in [-0.3, -0.25) is 4.79 Å². The molecule has 134 valence electrons. The van der Waals surface area contributed by atoms with Crippen LogP contribution in [0.5, 0.6) is 5.75 Å². The quantitative estimate of drug-likeness (QED) is 0.425. The van der Waals surface area contributed by atoms with Crippen LogP contribution < -0.4 is 10.1 Å². The lowest BCUT2D eigenvalue weighted by Crippen LogP contribution is -2.13. The molecule has 0 radical (unpaired) electrons. The highest BCUT2D eigenvalue weighted by molar-refractivity contribution is 9.10. The maximum absolute atomic E-state index is 12.4. The molecule has 0 unspecified atom stereocenters. The van der Waals surface area contributed by atoms with Crippen molar-refractivity contribution in [2.24, 2.45) is 0 Å². The Bertz CT molecular complexity index is 892. The lowest BCUT2D eigenvalue weighted by atomic mass is 10.1. The van der Waals surface area contributed by atoms with Crippen LogP contribution in [0.2, 0.25) is 10.0 Å². The standard InChI is InChI=1S/C19H15BrCl2N2O2/c1-2-7-26-18-6-3-14(20)9-12(18)8-13(11-23)19(25)24-15-4-5-16(21)17(22)10-15/h3-6,8-10H,2,7H2,1H3,(H,24,25)/b13-8+. The molecule has 7 heteroatoms. The van der Waals surface area contributed by atoms with Gasteiger partial charge in [0.2, 0.25) is 0 Å². The van der Waals surface area contributed by atoms with Crippen LogP contribution in [-0.2, 0) is 4.79 Å². The Hall–Kier alpha value is -2.00. The molecule has 0 atom stereocenters. The molecular formula is C19H15BrCl2N2O2. The van der Waals surface area contributed by atoms with E-state index in [0.29, 0.717) is 33.7 Å². The fraction of sp³-hybridized carbons (Fsp3) is 0.158. The SMILES string of the molecule is CCCOc1ccc(Br)cc1/C=C(\C#N)C(=O)Nc1ccc(Cl)c(Cl)c1. The van der Waals surface area contributed by atoms with E-state index in [0.717, 1.165) is 10.9 Å². The van der Waals surface area contributed by atoms with E-state index in [1.807, 2.05) is 19.1 Å². The zero-order chi connectivity index (χ0) is 19.1. The van der Waals surface area contributed by atoms with Gasteiger partial charge in [0.1, 0.15) is 17.4 Å². The highest BCUT2D eigenvalue weighted by atomic mass is 79.9. The number of nitriles is 1. The van der Waals surface area contributed by atoms with Gasteiger partial charge in [0.25, 0.3) is 5.91 Å². The van der Waals surface area contributed by atoms with Crippen LogP contribution >= 0.6 is 39.1 Å². The molecular weight excluding hydrogens is 439 g/mol. The van der Waals surface area contributed by atoms with Gasteiger partial charge in [0.05, 0.1) is 16.7 Å². The van der Waals surface area contributed by atoms with E-state index in [1.165, 1.54) is 12.1 Å². The van der Waals surface area contributed by atoms with Crippen LogP contribution in [0.1, 0.15) is 18.9 Å². The summed E-state index contributed by atoms with van der Waals surface area (Å²) in [5.74, 6) is 0.0532. The number of hydrogen-bond acceptors (Lipinski definition) is 3. The zero-order valence-electron chi connectivity index (χ0n) is 13.9. The van der Waals surface area contributed by atoms with Crippen molar-refractivity contribution < 1.29 is 9.53 Å². The predicted octanol–water partition coefficient (Wildman–Crippen LogP) is 6.09. The first-order valence-corrected chi connectivity index (χ1v) is 9.30. The summed E-state index contributed by atoms with van der Waals surface area (Å²) in [6, 6.07) is 12.0. The van der Waals surface area contributed by atoms with Crippen LogP contribution in [0.4, 0.5) is 5.69 Å². The molecule has 2 aromatic carbocycles. The second kappa shape index (κ2) is 9.63. The first-order valence-electron chi connectivity index (χ1n) is 7.75. The van der Waals surface area contributed by atoms with Crippen LogP contribution in [0, 0.1) is 11.3 Å². The summed E-state index contributed by atoms with van der Waals surface area (Å²) in [6.45, 7) is 2.54. The lowest BCUT2D eigenvalue weighted by Gasteiger charge is -2.10. The summed E-state index contributed by atoms with van der Waals surface area (Å²) in [6.07, 6.45) is 2.34. The van der Waals surface area contributed by atoms with Crippen molar-refractivity contribution >= 4 is 56.8 Å². The molecule has 4 nitrogen and oxygen atoms in total. The van der Waals surface area contributed by atoms with Gasteiger partial charge in [-0.1, -0.05) is 46.1 Å². The second-order valence-corrected chi connectivity index (χ2v) is 7.01. The number of nitrogens with zero attached hydrogens (tertiary/aromatic N) is 1. The third kappa shape index (κ3) is 5.50. The highest BCUT2D eigenvalue weighted by Crippen LogP contribution is 2.27. The largest absolute Gasteiger partial charge is 0.493 e. The molecule has 0 aliphatic carbocycles. The zero-order valence-corrected chi connectivity index (χ0v) is 17.0. The van der Waals surface area contributed by atoms with Crippen LogP contribution in [-0.4, -0.2) is 12.5 Å². The van der Waals surface area contributed by atoms with E-state index in [4.69, 9.17) is 27.9 Å². The molecule has 0 bridgehead atoms. The van der Waals surface area contributed by atoms with E-state index in [9.17, 15) is 10.1 Å². The van der Waals surface area contributed by atoms with Gasteiger partial charge in [-0.15, -0.1) is 0 Å². The van der Waals surface area contributed by atoms with E-state index in [-0.39, 0.29) is 5.57 Å². The normalized spacial score (nSPS) is 11.0. The molecule has 1 amide bonds. The summed E-state index contributed by atoms with van der Waals surface area (Å²) in [7, 11) is 0. The van der Waals surface area contributed by atoms with E-state index >= 15 is 0 Å². The topological polar surface area (TPSA) is 62.1 Å². The number of halogens is 3. The van der Waals surface area contributed by atoms with Gasteiger partial charge >= 0.3 is 0 Å². The molecule has 0 aliphatic heterocycles. The van der Waals surface area contributed by atoms with Gasteiger partial charge in [-0.25, -0.2) is 0 Å². The van der Waals surface area contributed by atoms with Crippen LogP contribution in [0.15, 0.2) is 46.4 Å². The minimum Gasteiger partial charge on any atom is -0.493 e. The van der Waals surface area contributed by atoms with E-state index in [1.54, 1.807) is 24.3 Å². The van der Waals surface area contributed by atoms with Gasteiger partial charge in [0, 0.05) is 15.7 Å². The number of amides is 1. The number of rotatable bonds is 6. The van der Waals surface area contributed by atoms with E-state index in [2.05, 4.69) is 21.2 Å². The second-order valence-electron chi connectivity index (χ2n) is 5.28. The number of carbonyl (C=O) groups excluding carboxylic acids is 1. The lowest BCUT2D eigenvalue weighted by molar-refractivity contribution is -0.112. The molecule has 0 spiro atoms. The predicted molar refractivity (Wildman–Crippen MR) is 109 cm³/mol. The fourth-order valence-electron chi connectivity index (χ4n) is 2.05. The van der Waals surface area contributed by atoms with Crippen molar-refractivity contribution in [2.75, 3.05) is 11.9 Å². The Morgan fingerprint density at radius 1 is 1.27 bits per heavy atom. The molecule has 0 fully saturated rings.